The van der Waals surface area contributed by atoms with Gasteiger partial charge in [0.1, 0.15) is 5.60 Å². The van der Waals surface area contributed by atoms with Crippen molar-refractivity contribution >= 4 is 6.09 Å². The third kappa shape index (κ3) is 7.48. The minimum Gasteiger partial charge on any atom is -0.444 e. The highest BCUT2D eigenvalue weighted by atomic mass is 16.6. The van der Waals surface area contributed by atoms with E-state index in [9.17, 15) is 4.79 Å². The van der Waals surface area contributed by atoms with E-state index in [4.69, 9.17) is 4.74 Å². The number of carbonyl (C=O) groups excluding carboxylic acids is 1. The van der Waals surface area contributed by atoms with Crippen LogP contribution in [0.1, 0.15) is 79.6 Å². The monoisotopic (exact) mass is 312 g/mol. The van der Waals surface area contributed by atoms with Gasteiger partial charge in [-0.3, -0.25) is 0 Å². The molecular weight excluding hydrogens is 276 g/mol. The van der Waals surface area contributed by atoms with Gasteiger partial charge in [0, 0.05) is 25.2 Å². The Balaban J connectivity index is 2.55. The van der Waals surface area contributed by atoms with Crippen LogP contribution in [0.3, 0.4) is 0 Å². The number of hydrogen-bond donors (Lipinski definition) is 1. The molecule has 1 heterocycles. The number of ether oxygens (including phenoxy) is 1. The van der Waals surface area contributed by atoms with Crippen molar-refractivity contribution < 1.29 is 9.53 Å². The van der Waals surface area contributed by atoms with Crippen molar-refractivity contribution in [3.8, 4) is 0 Å². The molecule has 1 saturated heterocycles. The number of rotatable bonds is 6. The maximum Gasteiger partial charge on any atom is 0.410 e. The number of unbranched alkanes of at least 4 members (excludes halogenated alkanes) is 1. The zero-order chi connectivity index (χ0) is 16.6. The molecule has 0 bridgehead atoms. The van der Waals surface area contributed by atoms with E-state index in [1.807, 2.05) is 25.7 Å². The number of amides is 1. The molecule has 4 heteroatoms. The maximum absolute atomic E-state index is 12.3. The number of likely N-dealkylation sites (tertiary alicyclic amines) is 1. The fourth-order valence-electron chi connectivity index (χ4n) is 2.96. The standard InChI is InChI=1S/C18H36N2O2/c1-6-8-11-15(7-2)19-16-12-9-10-13-20(14-16)17(21)22-18(3,4)5/h15-16,19H,6-14H2,1-5H3. The lowest BCUT2D eigenvalue weighted by molar-refractivity contribution is 0.0241. The van der Waals surface area contributed by atoms with Gasteiger partial charge in [-0.2, -0.15) is 0 Å². The lowest BCUT2D eigenvalue weighted by Gasteiger charge is -2.30. The first kappa shape index (κ1) is 19.3. The Bertz CT molecular complexity index is 326. The molecular formula is C18H36N2O2. The lowest BCUT2D eigenvalue weighted by atomic mass is 10.0. The molecule has 2 atom stereocenters. The Labute approximate surface area is 137 Å². The summed E-state index contributed by atoms with van der Waals surface area (Å²) in [5.74, 6) is 0. The molecule has 130 valence electrons. The minimum atomic E-state index is -0.417. The highest BCUT2D eigenvalue weighted by Crippen LogP contribution is 2.17. The van der Waals surface area contributed by atoms with E-state index in [1.165, 1.54) is 25.7 Å². The molecule has 1 rings (SSSR count). The fraction of sp³-hybridized carbons (Fsp3) is 0.944. The Hall–Kier alpha value is -0.770. The van der Waals surface area contributed by atoms with Gasteiger partial charge in [-0.05, 0) is 46.5 Å². The van der Waals surface area contributed by atoms with E-state index in [0.29, 0.717) is 12.1 Å². The predicted octanol–water partition coefficient (Wildman–Crippen LogP) is 4.33. The highest BCUT2D eigenvalue weighted by Gasteiger charge is 2.27. The summed E-state index contributed by atoms with van der Waals surface area (Å²) in [5.41, 5.74) is -0.417. The van der Waals surface area contributed by atoms with Crippen LogP contribution < -0.4 is 5.32 Å². The summed E-state index contributed by atoms with van der Waals surface area (Å²) in [5, 5.41) is 3.78. The van der Waals surface area contributed by atoms with Crippen LogP contribution in [0, 0.1) is 0 Å². The molecule has 0 spiro atoms. The molecule has 1 aliphatic heterocycles. The van der Waals surface area contributed by atoms with Crippen molar-refractivity contribution in [2.75, 3.05) is 13.1 Å². The van der Waals surface area contributed by atoms with Gasteiger partial charge in [0.05, 0.1) is 0 Å². The van der Waals surface area contributed by atoms with Gasteiger partial charge in [-0.15, -0.1) is 0 Å². The van der Waals surface area contributed by atoms with Crippen molar-refractivity contribution in [2.45, 2.75) is 97.2 Å². The van der Waals surface area contributed by atoms with E-state index in [2.05, 4.69) is 19.2 Å². The Morgan fingerprint density at radius 2 is 2.05 bits per heavy atom. The smallest absolute Gasteiger partial charge is 0.410 e. The van der Waals surface area contributed by atoms with Crippen molar-refractivity contribution in [2.24, 2.45) is 0 Å². The molecule has 4 nitrogen and oxygen atoms in total. The van der Waals surface area contributed by atoms with Gasteiger partial charge < -0.3 is 15.0 Å². The lowest BCUT2D eigenvalue weighted by Crippen LogP contribution is -2.47. The summed E-state index contributed by atoms with van der Waals surface area (Å²) in [7, 11) is 0. The second-order valence-corrected chi connectivity index (χ2v) is 7.53. The molecule has 0 saturated carbocycles. The van der Waals surface area contributed by atoms with Gasteiger partial charge in [0.2, 0.25) is 0 Å². The van der Waals surface area contributed by atoms with Gasteiger partial charge in [0.15, 0.2) is 0 Å². The first-order valence-corrected chi connectivity index (χ1v) is 9.09. The molecule has 0 aromatic carbocycles. The third-order valence-electron chi connectivity index (χ3n) is 4.19. The molecule has 22 heavy (non-hydrogen) atoms. The van der Waals surface area contributed by atoms with E-state index in [1.54, 1.807) is 0 Å². The molecule has 0 radical (unpaired) electrons. The quantitative estimate of drug-likeness (QED) is 0.793. The third-order valence-corrected chi connectivity index (χ3v) is 4.19. The average Bonchev–Trinajstić information content (AvgIpc) is 2.67. The number of carbonyl (C=O) groups is 1. The second kappa shape index (κ2) is 9.39. The van der Waals surface area contributed by atoms with Crippen LogP contribution in [0.15, 0.2) is 0 Å². The van der Waals surface area contributed by atoms with Crippen LogP contribution in [-0.4, -0.2) is 41.8 Å². The van der Waals surface area contributed by atoms with Crippen LogP contribution in [0.5, 0.6) is 0 Å². The van der Waals surface area contributed by atoms with Crippen LogP contribution in [0.4, 0.5) is 4.79 Å². The van der Waals surface area contributed by atoms with Crippen molar-refractivity contribution in [3.05, 3.63) is 0 Å². The number of hydrogen-bond acceptors (Lipinski definition) is 3. The SMILES string of the molecule is CCCCC(CC)NC1CCCCN(C(=O)OC(C)(C)C)C1. The molecule has 1 aliphatic rings. The summed E-state index contributed by atoms with van der Waals surface area (Å²) in [6, 6.07) is 0.973. The van der Waals surface area contributed by atoms with Crippen LogP contribution >= 0.6 is 0 Å². The molecule has 0 aromatic heterocycles. The average molecular weight is 312 g/mol. The van der Waals surface area contributed by atoms with Gasteiger partial charge in [-0.25, -0.2) is 4.79 Å². The minimum absolute atomic E-state index is 0.164. The normalized spacial score (nSPS) is 21.3. The number of nitrogens with zero attached hydrogens (tertiary/aromatic N) is 1. The Morgan fingerprint density at radius 1 is 1.32 bits per heavy atom. The molecule has 1 fully saturated rings. The van der Waals surface area contributed by atoms with Gasteiger partial charge >= 0.3 is 6.09 Å². The Kier molecular flexibility index (Phi) is 8.23. The van der Waals surface area contributed by atoms with Crippen molar-refractivity contribution in [3.63, 3.8) is 0 Å². The zero-order valence-electron chi connectivity index (χ0n) is 15.3. The van der Waals surface area contributed by atoms with Crippen molar-refractivity contribution in [1.29, 1.82) is 0 Å². The van der Waals surface area contributed by atoms with Crippen LogP contribution in [0.25, 0.3) is 0 Å². The fourth-order valence-corrected chi connectivity index (χ4v) is 2.96. The number of nitrogens with one attached hydrogen (secondary N) is 1. The molecule has 0 aromatic rings. The highest BCUT2D eigenvalue weighted by molar-refractivity contribution is 5.68. The second-order valence-electron chi connectivity index (χ2n) is 7.53. The summed E-state index contributed by atoms with van der Waals surface area (Å²) >= 11 is 0. The summed E-state index contributed by atoms with van der Waals surface area (Å²) < 4.78 is 5.54. The van der Waals surface area contributed by atoms with Gasteiger partial charge in [0.25, 0.3) is 0 Å². The van der Waals surface area contributed by atoms with Crippen LogP contribution in [-0.2, 0) is 4.74 Å². The first-order valence-electron chi connectivity index (χ1n) is 9.09. The van der Waals surface area contributed by atoms with E-state index >= 15 is 0 Å². The van der Waals surface area contributed by atoms with Gasteiger partial charge in [-0.1, -0.05) is 33.1 Å². The molecule has 1 N–H and O–H groups in total. The molecule has 1 amide bonds. The summed E-state index contributed by atoms with van der Waals surface area (Å²) in [6.45, 7) is 11.9. The van der Waals surface area contributed by atoms with Crippen molar-refractivity contribution in [1.82, 2.24) is 10.2 Å². The predicted molar refractivity (Wildman–Crippen MR) is 92.2 cm³/mol. The van der Waals surface area contributed by atoms with Crippen LogP contribution in [0.2, 0.25) is 0 Å². The maximum atomic E-state index is 12.3. The van der Waals surface area contributed by atoms with E-state index in [-0.39, 0.29) is 6.09 Å². The molecule has 0 aliphatic carbocycles. The summed E-state index contributed by atoms with van der Waals surface area (Å²) in [4.78, 5) is 14.2. The first-order chi connectivity index (χ1) is 10.4. The summed E-state index contributed by atoms with van der Waals surface area (Å²) in [6.07, 6.45) is 8.15. The van der Waals surface area contributed by atoms with E-state index < -0.39 is 5.60 Å². The van der Waals surface area contributed by atoms with E-state index in [0.717, 1.165) is 32.4 Å². The largest absolute Gasteiger partial charge is 0.444 e. The topological polar surface area (TPSA) is 41.6 Å². The zero-order valence-corrected chi connectivity index (χ0v) is 15.3. The Morgan fingerprint density at radius 3 is 2.64 bits per heavy atom. The molecule has 2 unspecified atom stereocenters.